The van der Waals surface area contributed by atoms with Crippen molar-refractivity contribution in [1.82, 2.24) is 5.32 Å². The van der Waals surface area contributed by atoms with Gasteiger partial charge in [0, 0.05) is 10.6 Å². The molecule has 0 spiro atoms. The fraction of sp³-hybridized carbons (Fsp3) is 0.176. The van der Waals surface area contributed by atoms with E-state index >= 15 is 0 Å². The van der Waals surface area contributed by atoms with Gasteiger partial charge in [-0.15, -0.1) is 0 Å². The quantitative estimate of drug-likeness (QED) is 0.908. The van der Waals surface area contributed by atoms with Crippen molar-refractivity contribution in [3.8, 4) is 5.75 Å². The van der Waals surface area contributed by atoms with Crippen LogP contribution in [0.25, 0.3) is 0 Å². The Kier molecular flexibility index (Phi) is 4.21. The summed E-state index contributed by atoms with van der Waals surface area (Å²) < 4.78 is 5.32. The monoisotopic (exact) mass is 330 g/mol. The predicted octanol–water partition coefficient (Wildman–Crippen LogP) is 3.16. The molecule has 0 bridgehead atoms. The van der Waals surface area contributed by atoms with Gasteiger partial charge in [-0.25, -0.2) is 0 Å². The van der Waals surface area contributed by atoms with Crippen molar-refractivity contribution in [2.24, 2.45) is 0 Å². The van der Waals surface area contributed by atoms with Crippen molar-refractivity contribution < 1.29 is 14.3 Å². The van der Waals surface area contributed by atoms with E-state index in [1.54, 1.807) is 24.3 Å². The standard InChI is InChI=1S/C17H15ClN2O3/c1-10(11-3-2-4-13(18)7-11)19-17(22)12-5-6-14-15(8-12)23-9-16(21)20-14/h2-8,10H,9H2,1H3,(H,19,22)(H,20,21)/t10-/m1/s1. The molecule has 0 saturated heterocycles. The normalized spacial score (nSPS) is 14.3. The molecule has 2 aromatic rings. The molecule has 118 valence electrons. The SMILES string of the molecule is C[C@@H](NC(=O)c1ccc2c(c1)OCC(=O)N2)c1cccc(Cl)c1. The molecule has 0 aliphatic carbocycles. The number of rotatable bonds is 3. The molecule has 0 fully saturated rings. The van der Waals surface area contributed by atoms with Crippen LogP contribution in [0.3, 0.4) is 0 Å². The van der Waals surface area contributed by atoms with E-state index in [0.29, 0.717) is 22.0 Å². The van der Waals surface area contributed by atoms with Crippen molar-refractivity contribution in [1.29, 1.82) is 0 Å². The third kappa shape index (κ3) is 3.46. The maximum absolute atomic E-state index is 12.4. The van der Waals surface area contributed by atoms with E-state index in [1.807, 2.05) is 25.1 Å². The van der Waals surface area contributed by atoms with Crippen molar-refractivity contribution in [2.45, 2.75) is 13.0 Å². The van der Waals surface area contributed by atoms with Crippen LogP contribution in [-0.4, -0.2) is 18.4 Å². The first-order valence-electron chi connectivity index (χ1n) is 7.16. The van der Waals surface area contributed by atoms with Crippen molar-refractivity contribution >= 4 is 29.1 Å². The maximum Gasteiger partial charge on any atom is 0.262 e. The minimum Gasteiger partial charge on any atom is -0.482 e. The summed E-state index contributed by atoms with van der Waals surface area (Å²) in [5, 5.41) is 6.23. The summed E-state index contributed by atoms with van der Waals surface area (Å²) in [5.74, 6) is 0.0673. The Labute approximate surface area is 138 Å². The molecule has 1 heterocycles. The molecule has 23 heavy (non-hydrogen) atoms. The second-order valence-corrected chi connectivity index (χ2v) is 5.73. The number of benzene rings is 2. The number of hydrogen-bond acceptors (Lipinski definition) is 3. The molecule has 5 nitrogen and oxygen atoms in total. The summed E-state index contributed by atoms with van der Waals surface area (Å²) in [6.45, 7) is 1.84. The van der Waals surface area contributed by atoms with Gasteiger partial charge in [-0.3, -0.25) is 9.59 Å². The van der Waals surface area contributed by atoms with E-state index in [0.717, 1.165) is 5.56 Å². The van der Waals surface area contributed by atoms with Gasteiger partial charge in [-0.05, 0) is 42.8 Å². The lowest BCUT2D eigenvalue weighted by Gasteiger charge is -2.19. The van der Waals surface area contributed by atoms with Gasteiger partial charge in [0.05, 0.1) is 11.7 Å². The number of nitrogens with one attached hydrogen (secondary N) is 2. The minimum absolute atomic E-state index is 0.0447. The Hall–Kier alpha value is -2.53. The van der Waals surface area contributed by atoms with Crippen LogP contribution in [0.2, 0.25) is 5.02 Å². The van der Waals surface area contributed by atoms with Crippen LogP contribution in [0, 0.1) is 0 Å². The molecule has 0 radical (unpaired) electrons. The van der Waals surface area contributed by atoms with E-state index in [2.05, 4.69) is 10.6 Å². The van der Waals surface area contributed by atoms with Gasteiger partial charge in [-0.1, -0.05) is 23.7 Å². The highest BCUT2D eigenvalue weighted by atomic mass is 35.5. The molecule has 3 rings (SSSR count). The zero-order chi connectivity index (χ0) is 16.4. The van der Waals surface area contributed by atoms with Crippen LogP contribution in [-0.2, 0) is 4.79 Å². The minimum atomic E-state index is -0.222. The Balaban J connectivity index is 1.74. The van der Waals surface area contributed by atoms with Crippen LogP contribution >= 0.6 is 11.6 Å². The maximum atomic E-state index is 12.4. The Morgan fingerprint density at radius 1 is 1.30 bits per heavy atom. The van der Waals surface area contributed by atoms with Crippen molar-refractivity contribution in [3.63, 3.8) is 0 Å². The first-order valence-corrected chi connectivity index (χ1v) is 7.54. The molecule has 2 aromatic carbocycles. The van der Waals surface area contributed by atoms with Crippen LogP contribution < -0.4 is 15.4 Å². The van der Waals surface area contributed by atoms with Gasteiger partial charge in [-0.2, -0.15) is 0 Å². The highest BCUT2D eigenvalue weighted by Gasteiger charge is 2.18. The van der Waals surface area contributed by atoms with Crippen LogP contribution in [0.5, 0.6) is 5.75 Å². The van der Waals surface area contributed by atoms with Gasteiger partial charge < -0.3 is 15.4 Å². The molecule has 2 N–H and O–H groups in total. The molecule has 0 unspecified atom stereocenters. The van der Waals surface area contributed by atoms with Crippen molar-refractivity contribution in [2.75, 3.05) is 11.9 Å². The molecular weight excluding hydrogens is 316 g/mol. The van der Waals surface area contributed by atoms with E-state index in [4.69, 9.17) is 16.3 Å². The summed E-state index contributed by atoms with van der Waals surface area (Å²) in [7, 11) is 0. The molecular formula is C17H15ClN2O3. The first kappa shape index (κ1) is 15.4. The van der Waals surface area contributed by atoms with Gasteiger partial charge >= 0.3 is 0 Å². The number of fused-ring (bicyclic) bond motifs is 1. The number of anilines is 1. The molecule has 1 aliphatic rings. The summed E-state index contributed by atoms with van der Waals surface area (Å²) in [6, 6.07) is 12.1. The smallest absolute Gasteiger partial charge is 0.262 e. The average molecular weight is 331 g/mol. The molecule has 1 atom stereocenters. The second kappa shape index (κ2) is 6.30. The second-order valence-electron chi connectivity index (χ2n) is 5.30. The number of hydrogen-bond donors (Lipinski definition) is 2. The number of halogens is 1. The highest BCUT2D eigenvalue weighted by molar-refractivity contribution is 6.30. The highest BCUT2D eigenvalue weighted by Crippen LogP contribution is 2.28. The van der Waals surface area contributed by atoms with Gasteiger partial charge in [0.25, 0.3) is 11.8 Å². The van der Waals surface area contributed by atoms with E-state index in [9.17, 15) is 9.59 Å². The van der Waals surface area contributed by atoms with Gasteiger partial charge in [0.2, 0.25) is 0 Å². The van der Waals surface area contributed by atoms with Gasteiger partial charge in [0.15, 0.2) is 6.61 Å². The lowest BCUT2D eigenvalue weighted by atomic mass is 10.1. The Bertz CT molecular complexity index is 776. The average Bonchev–Trinajstić information content (AvgIpc) is 2.54. The Morgan fingerprint density at radius 2 is 2.13 bits per heavy atom. The summed E-state index contributed by atoms with van der Waals surface area (Å²) in [6.07, 6.45) is 0. The zero-order valence-electron chi connectivity index (χ0n) is 12.4. The summed E-state index contributed by atoms with van der Waals surface area (Å²) in [5.41, 5.74) is 1.96. The molecule has 1 aliphatic heterocycles. The molecule has 6 heteroatoms. The van der Waals surface area contributed by atoms with E-state index < -0.39 is 0 Å². The zero-order valence-corrected chi connectivity index (χ0v) is 13.2. The number of carbonyl (C=O) groups is 2. The molecule has 0 aromatic heterocycles. The van der Waals surface area contributed by atoms with E-state index in [1.165, 1.54) is 0 Å². The molecule has 0 saturated carbocycles. The van der Waals surface area contributed by atoms with Crippen LogP contribution in [0.15, 0.2) is 42.5 Å². The van der Waals surface area contributed by atoms with Gasteiger partial charge in [0.1, 0.15) is 5.75 Å². The predicted molar refractivity (Wildman–Crippen MR) is 87.9 cm³/mol. The van der Waals surface area contributed by atoms with E-state index in [-0.39, 0.29) is 24.5 Å². The number of carbonyl (C=O) groups excluding carboxylic acids is 2. The largest absolute Gasteiger partial charge is 0.482 e. The third-order valence-corrected chi connectivity index (χ3v) is 3.81. The summed E-state index contributed by atoms with van der Waals surface area (Å²) in [4.78, 5) is 23.6. The first-order chi connectivity index (χ1) is 11.0. The Morgan fingerprint density at radius 3 is 2.91 bits per heavy atom. The van der Waals surface area contributed by atoms with Crippen LogP contribution in [0.4, 0.5) is 5.69 Å². The number of amides is 2. The van der Waals surface area contributed by atoms with Crippen LogP contribution in [0.1, 0.15) is 28.9 Å². The van der Waals surface area contributed by atoms with Crippen molar-refractivity contribution in [3.05, 3.63) is 58.6 Å². The third-order valence-electron chi connectivity index (χ3n) is 3.57. The number of ether oxygens (including phenoxy) is 1. The summed E-state index contributed by atoms with van der Waals surface area (Å²) >= 11 is 5.97. The molecule has 2 amide bonds. The lowest BCUT2D eigenvalue weighted by molar-refractivity contribution is -0.118. The lowest BCUT2D eigenvalue weighted by Crippen LogP contribution is -2.28. The fourth-order valence-corrected chi connectivity index (χ4v) is 2.55. The fourth-order valence-electron chi connectivity index (χ4n) is 2.36. The topological polar surface area (TPSA) is 67.4 Å².